The van der Waals surface area contributed by atoms with Crippen LogP contribution in [0.15, 0.2) is 30.5 Å². The molecule has 0 aliphatic carbocycles. The molecule has 0 saturated heterocycles. The van der Waals surface area contributed by atoms with E-state index in [0.717, 1.165) is 4.57 Å². The third kappa shape index (κ3) is 2.37. The van der Waals surface area contributed by atoms with Gasteiger partial charge >= 0.3 is 0 Å². The number of rotatable bonds is 2. The van der Waals surface area contributed by atoms with Crippen LogP contribution in [0.1, 0.15) is 6.85 Å². The van der Waals surface area contributed by atoms with Crippen molar-refractivity contribution in [3.05, 3.63) is 30.5 Å². The van der Waals surface area contributed by atoms with Gasteiger partial charge in [0, 0.05) is 19.1 Å². The molecule has 58 valence electrons. The number of nitrogens with zero attached hydrogens (tertiary/aromatic N) is 1. The molecule has 0 aromatic carbocycles. The third-order valence-electron chi connectivity index (χ3n) is 1.09. The lowest BCUT2D eigenvalue weighted by atomic mass is 10.4. The highest BCUT2D eigenvalue weighted by Gasteiger charge is 2.03. The van der Waals surface area contributed by atoms with Crippen molar-refractivity contribution in [1.29, 1.82) is 0 Å². The summed E-state index contributed by atoms with van der Waals surface area (Å²) in [5.41, 5.74) is 0. The van der Waals surface area contributed by atoms with Gasteiger partial charge < -0.3 is 5.32 Å². The monoisotopic (exact) mass is 156 g/mol. The molecule has 0 fully saturated rings. The predicted octanol–water partition coefficient (Wildman–Crippen LogP) is -0.280. The molecule has 11 heavy (non-hydrogen) atoms. The van der Waals surface area contributed by atoms with Crippen LogP contribution in [0.5, 0.6) is 0 Å². The van der Waals surface area contributed by atoms with Crippen molar-refractivity contribution < 1.29 is 16.2 Å². The lowest BCUT2D eigenvalue weighted by molar-refractivity contribution is -0.684. The lowest BCUT2D eigenvalue weighted by Gasteiger charge is -1.93. The van der Waals surface area contributed by atoms with E-state index in [1.54, 1.807) is 0 Å². The highest BCUT2D eigenvalue weighted by molar-refractivity contribution is 5.73. The molecule has 0 unspecified atom stereocenters. The maximum Gasteiger partial charge on any atom is 0.285 e. The fourth-order valence-corrected chi connectivity index (χ4v) is 0.552. The number of carbonyl (C=O) groups is 1. The van der Waals surface area contributed by atoms with Crippen LogP contribution >= 0.6 is 0 Å². The number of aromatic nitrogens is 1. The van der Waals surface area contributed by atoms with E-state index < -0.39 is 36.4 Å². The molecule has 1 heterocycles. The molecular formula is C8H11N2O+. The van der Waals surface area contributed by atoms with Crippen LogP contribution < -0.4 is 9.88 Å². The fourth-order valence-electron chi connectivity index (χ4n) is 0.552. The summed E-state index contributed by atoms with van der Waals surface area (Å²) >= 11 is 0. The van der Waals surface area contributed by atoms with E-state index in [4.69, 9.17) is 6.85 Å². The van der Waals surface area contributed by atoms with Gasteiger partial charge in [-0.05, 0) is 0 Å². The molecule has 0 atom stereocenters. The van der Waals surface area contributed by atoms with Crippen LogP contribution in [-0.2, 0) is 11.3 Å². The summed E-state index contributed by atoms with van der Waals surface area (Å²) in [7, 11) is 1.41. The van der Waals surface area contributed by atoms with E-state index in [2.05, 4.69) is 5.32 Å². The number of amides is 1. The van der Waals surface area contributed by atoms with Gasteiger partial charge in [0.05, 0.1) is 4.11 Å². The van der Waals surface area contributed by atoms with Crippen molar-refractivity contribution in [3.63, 3.8) is 0 Å². The Morgan fingerprint density at radius 1 is 1.55 bits per heavy atom. The smallest absolute Gasteiger partial charge is 0.285 e. The zero-order valence-corrected chi connectivity index (χ0v) is 6.06. The highest BCUT2D eigenvalue weighted by atomic mass is 16.1. The maximum atomic E-state index is 11.1. The van der Waals surface area contributed by atoms with Gasteiger partial charge in [-0.3, -0.25) is 4.79 Å². The van der Waals surface area contributed by atoms with Gasteiger partial charge in [-0.25, -0.2) is 0 Å². The van der Waals surface area contributed by atoms with Crippen LogP contribution in [0.4, 0.5) is 0 Å². The van der Waals surface area contributed by atoms with Gasteiger partial charge in [-0.1, -0.05) is 6.04 Å². The first kappa shape index (κ1) is 3.34. The van der Waals surface area contributed by atoms with Crippen LogP contribution in [0.3, 0.4) is 0 Å². The number of likely N-dealkylation sites (N-methyl/N-ethyl adjacent to an activating group) is 1. The van der Waals surface area contributed by atoms with Crippen LogP contribution in [0.25, 0.3) is 0 Å². The van der Waals surface area contributed by atoms with Crippen molar-refractivity contribution in [2.75, 3.05) is 7.05 Å². The molecule has 3 nitrogen and oxygen atoms in total. The largest absolute Gasteiger partial charge is 0.354 e. The predicted molar refractivity (Wildman–Crippen MR) is 40.7 cm³/mol. The van der Waals surface area contributed by atoms with Crippen LogP contribution in [0.2, 0.25) is 0 Å². The Bertz CT molecular complexity index is 420. The highest BCUT2D eigenvalue weighted by Crippen LogP contribution is 1.76. The van der Waals surface area contributed by atoms with Crippen molar-refractivity contribution >= 4 is 5.91 Å². The second-order valence-corrected chi connectivity index (χ2v) is 1.86. The molecule has 1 amide bonds. The Labute approximate surface area is 72.7 Å². The van der Waals surface area contributed by atoms with Crippen LogP contribution in [0, 0.1) is 0 Å². The third-order valence-corrected chi connectivity index (χ3v) is 1.09. The number of pyridine rings is 1. The van der Waals surface area contributed by atoms with E-state index in [9.17, 15) is 4.79 Å². The fraction of sp³-hybridized carbons (Fsp3) is 0.250. The topological polar surface area (TPSA) is 33.0 Å². The SMILES string of the molecule is [2H]c1c([2H])c([2H])[n+](CC(=O)NC)c([2H])c1[2H]. The van der Waals surface area contributed by atoms with Gasteiger partial charge in [-0.2, -0.15) is 4.57 Å². The zero-order chi connectivity index (χ0) is 12.5. The normalized spacial score (nSPS) is 15.5. The van der Waals surface area contributed by atoms with E-state index in [1.807, 2.05) is 0 Å². The van der Waals surface area contributed by atoms with Crippen LogP contribution in [-0.4, -0.2) is 13.0 Å². The molecule has 0 spiro atoms. The van der Waals surface area contributed by atoms with Gasteiger partial charge in [0.25, 0.3) is 5.91 Å². The maximum absolute atomic E-state index is 11.1. The first-order valence-corrected chi connectivity index (χ1v) is 3.07. The molecule has 1 rings (SSSR count). The van der Waals surface area contributed by atoms with Gasteiger partial charge in [0.15, 0.2) is 12.3 Å². The quantitative estimate of drug-likeness (QED) is 0.587. The summed E-state index contributed by atoms with van der Waals surface area (Å²) in [6.45, 7) is -0.299. The lowest BCUT2D eigenvalue weighted by Crippen LogP contribution is -2.41. The Morgan fingerprint density at radius 2 is 2.18 bits per heavy atom. The van der Waals surface area contributed by atoms with Crippen molar-refractivity contribution in [1.82, 2.24) is 5.32 Å². The summed E-state index contributed by atoms with van der Waals surface area (Å²) in [5.74, 6) is -0.427. The number of hydrogen-bond acceptors (Lipinski definition) is 1. The Hall–Kier alpha value is -1.38. The molecule has 0 aliphatic rings. The minimum Gasteiger partial charge on any atom is -0.354 e. The van der Waals surface area contributed by atoms with Crippen molar-refractivity contribution in [2.24, 2.45) is 0 Å². The number of hydrogen-bond donors (Lipinski definition) is 1. The standard InChI is InChI=1S/C8H10N2O/c1-9-8(11)7-10-5-3-2-4-6-10/h2-6H,7H2,1H3/p+1/i2D,3D,4D,5D,6D. The second-order valence-electron chi connectivity index (χ2n) is 1.86. The molecule has 1 aromatic heterocycles. The average Bonchev–Trinajstić information content (AvgIpc) is 2.29. The molecule has 0 radical (unpaired) electrons. The first-order valence-electron chi connectivity index (χ1n) is 5.57. The minimum absolute atomic E-state index is 0.299. The van der Waals surface area contributed by atoms with E-state index >= 15 is 0 Å². The van der Waals surface area contributed by atoms with E-state index in [0.29, 0.717) is 0 Å². The Balaban J connectivity index is 3.34. The summed E-state index contributed by atoms with van der Waals surface area (Å²) < 4.78 is 38.1. The van der Waals surface area contributed by atoms with E-state index in [-0.39, 0.29) is 6.54 Å². The molecular weight excluding hydrogens is 140 g/mol. The average molecular weight is 156 g/mol. The van der Waals surface area contributed by atoms with Gasteiger partial charge in [-0.15, -0.1) is 0 Å². The van der Waals surface area contributed by atoms with E-state index in [1.165, 1.54) is 7.05 Å². The summed E-state index contributed by atoms with van der Waals surface area (Å²) in [6, 6.07) is -1.38. The molecule has 1 aromatic rings. The van der Waals surface area contributed by atoms with Gasteiger partial charge in [0.1, 0.15) is 2.74 Å². The summed E-state index contributed by atoms with van der Waals surface area (Å²) in [6.07, 6.45) is -0.816. The number of carbonyl (C=O) groups excluding carboxylic acids is 1. The number of nitrogens with one attached hydrogen (secondary N) is 1. The zero-order valence-electron chi connectivity index (χ0n) is 11.1. The molecule has 0 bridgehead atoms. The molecule has 1 N–H and O–H groups in total. The Morgan fingerprint density at radius 3 is 2.73 bits per heavy atom. The minimum atomic E-state index is -0.469. The first-order chi connectivity index (χ1) is 7.40. The Kier molecular flexibility index (Phi) is 1.13. The molecule has 0 saturated carbocycles. The summed E-state index contributed by atoms with van der Waals surface area (Å²) in [4.78, 5) is 11.1. The second kappa shape index (κ2) is 3.71. The van der Waals surface area contributed by atoms with Gasteiger partial charge in [0.2, 0.25) is 6.54 Å². The molecule has 3 heteroatoms. The summed E-state index contributed by atoms with van der Waals surface area (Å²) in [5, 5.41) is 2.33. The van der Waals surface area contributed by atoms with Crippen molar-refractivity contribution in [3.8, 4) is 0 Å². The van der Waals surface area contributed by atoms with Crippen molar-refractivity contribution in [2.45, 2.75) is 6.54 Å². The molecule has 0 aliphatic heterocycles.